The maximum Gasteiger partial charge on any atom is 0.130 e. The molecule has 2 aromatic carbocycles. The standard InChI is InChI=1S/C11H10O3/c1-14-11-6-9(13)4-7-2-3-8(12)5-10(7)11/h2-6,12-13H,1H3. The smallest absolute Gasteiger partial charge is 0.130 e. The van der Waals surface area contributed by atoms with Crippen LogP contribution in [-0.4, -0.2) is 17.3 Å². The van der Waals surface area contributed by atoms with Gasteiger partial charge in [-0.05, 0) is 23.6 Å². The second-order valence-electron chi connectivity index (χ2n) is 3.05. The van der Waals surface area contributed by atoms with Crippen LogP contribution in [0.1, 0.15) is 0 Å². The van der Waals surface area contributed by atoms with Gasteiger partial charge in [0.2, 0.25) is 0 Å². The van der Waals surface area contributed by atoms with Crippen molar-refractivity contribution in [2.75, 3.05) is 7.11 Å². The quantitative estimate of drug-likeness (QED) is 0.725. The van der Waals surface area contributed by atoms with E-state index in [-0.39, 0.29) is 11.5 Å². The van der Waals surface area contributed by atoms with E-state index >= 15 is 0 Å². The zero-order valence-corrected chi connectivity index (χ0v) is 7.69. The van der Waals surface area contributed by atoms with Crippen LogP contribution in [-0.2, 0) is 0 Å². The van der Waals surface area contributed by atoms with Crippen molar-refractivity contribution in [2.45, 2.75) is 0 Å². The highest BCUT2D eigenvalue weighted by Gasteiger charge is 2.04. The molecule has 0 atom stereocenters. The van der Waals surface area contributed by atoms with Crippen molar-refractivity contribution in [3.63, 3.8) is 0 Å². The van der Waals surface area contributed by atoms with E-state index in [2.05, 4.69) is 0 Å². The Morgan fingerprint density at radius 1 is 1.00 bits per heavy atom. The van der Waals surface area contributed by atoms with Gasteiger partial charge in [0.15, 0.2) is 0 Å². The molecule has 0 amide bonds. The lowest BCUT2D eigenvalue weighted by molar-refractivity contribution is 0.412. The summed E-state index contributed by atoms with van der Waals surface area (Å²) in [5.74, 6) is 0.887. The molecule has 0 bridgehead atoms. The van der Waals surface area contributed by atoms with Gasteiger partial charge in [-0.1, -0.05) is 6.07 Å². The lowest BCUT2D eigenvalue weighted by atomic mass is 10.1. The average molecular weight is 190 g/mol. The van der Waals surface area contributed by atoms with Gasteiger partial charge in [0.05, 0.1) is 7.11 Å². The van der Waals surface area contributed by atoms with E-state index in [1.807, 2.05) is 0 Å². The van der Waals surface area contributed by atoms with Gasteiger partial charge in [-0.25, -0.2) is 0 Å². The Morgan fingerprint density at radius 2 is 1.79 bits per heavy atom. The molecule has 0 fully saturated rings. The van der Waals surface area contributed by atoms with Crippen molar-refractivity contribution in [3.8, 4) is 17.2 Å². The largest absolute Gasteiger partial charge is 0.508 e. The number of ether oxygens (including phenoxy) is 1. The monoisotopic (exact) mass is 190 g/mol. The van der Waals surface area contributed by atoms with E-state index in [0.29, 0.717) is 5.75 Å². The molecule has 0 aliphatic heterocycles. The number of hydrogen-bond acceptors (Lipinski definition) is 3. The maximum absolute atomic E-state index is 9.37. The molecule has 72 valence electrons. The summed E-state index contributed by atoms with van der Waals surface area (Å²) >= 11 is 0. The van der Waals surface area contributed by atoms with Crippen LogP contribution in [0.25, 0.3) is 10.8 Å². The molecule has 0 saturated carbocycles. The lowest BCUT2D eigenvalue weighted by Gasteiger charge is -2.06. The third-order valence-electron chi connectivity index (χ3n) is 2.10. The Labute approximate surface area is 81.2 Å². The van der Waals surface area contributed by atoms with Gasteiger partial charge in [-0.3, -0.25) is 0 Å². The fraction of sp³-hybridized carbons (Fsp3) is 0.0909. The summed E-state index contributed by atoms with van der Waals surface area (Å²) in [5.41, 5.74) is 0. The van der Waals surface area contributed by atoms with Gasteiger partial charge in [-0.2, -0.15) is 0 Å². The fourth-order valence-corrected chi connectivity index (χ4v) is 1.47. The number of phenolic OH excluding ortho intramolecular Hbond substituents is 2. The number of rotatable bonds is 1. The molecule has 3 nitrogen and oxygen atoms in total. The van der Waals surface area contributed by atoms with Crippen LogP contribution in [0.15, 0.2) is 30.3 Å². The first-order chi connectivity index (χ1) is 6.70. The van der Waals surface area contributed by atoms with Gasteiger partial charge in [0.1, 0.15) is 17.2 Å². The molecule has 0 aliphatic carbocycles. The summed E-state index contributed by atoms with van der Waals surface area (Å²) in [7, 11) is 1.53. The highest BCUT2D eigenvalue weighted by molar-refractivity contribution is 5.90. The maximum atomic E-state index is 9.37. The normalized spacial score (nSPS) is 10.4. The fourth-order valence-electron chi connectivity index (χ4n) is 1.47. The van der Waals surface area contributed by atoms with Gasteiger partial charge in [0, 0.05) is 11.5 Å². The van der Waals surface area contributed by atoms with E-state index in [9.17, 15) is 10.2 Å². The van der Waals surface area contributed by atoms with Crippen molar-refractivity contribution in [2.24, 2.45) is 0 Å². The third kappa shape index (κ3) is 1.33. The number of aromatic hydroxyl groups is 2. The van der Waals surface area contributed by atoms with Crippen molar-refractivity contribution < 1.29 is 14.9 Å². The first-order valence-electron chi connectivity index (χ1n) is 4.20. The Morgan fingerprint density at radius 3 is 2.50 bits per heavy atom. The van der Waals surface area contributed by atoms with Crippen LogP contribution in [0, 0.1) is 0 Å². The second-order valence-corrected chi connectivity index (χ2v) is 3.05. The van der Waals surface area contributed by atoms with E-state index in [1.165, 1.54) is 13.2 Å². The Bertz CT molecular complexity index is 477. The molecule has 0 unspecified atom stereocenters. The predicted octanol–water partition coefficient (Wildman–Crippen LogP) is 2.26. The zero-order chi connectivity index (χ0) is 10.1. The van der Waals surface area contributed by atoms with Crippen LogP contribution < -0.4 is 4.74 Å². The molecule has 0 aliphatic rings. The molecular formula is C11H10O3. The van der Waals surface area contributed by atoms with E-state index < -0.39 is 0 Å². The summed E-state index contributed by atoms with van der Waals surface area (Å²) in [6, 6.07) is 8.04. The van der Waals surface area contributed by atoms with E-state index in [0.717, 1.165) is 10.8 Å². The topological polar surface area (TPSA) is 49.7 Å². The van der Waals surface area contributed by atoms with E-state index in [4.69, 9.17) is 4.74 Å². The first-order valence-corrected chi connectivity index (χ1v) is 4.20. The Balaban J connectivity index is 2.81. The number of phenols is 2. The first kappa shape index (κ1) is 8.69. The summed E-state index contributed by atoms with van der Waals surface area (Å²) in [5, 5.41) is 20.3. The molecule has 0 saturated heterocycles. The van der Waals surface area contributed by atoms with Crippen LogP contribution >= 0.6 is 0 Å². The number of fused-ring (bicyclic) bond motifs is 1. The predicted molar refractivity (Wildman–Crippen MR) is 53.8 cm³/mol. The molecule has 2 N–H and O–H groups in total. The highest BCUT2D eigenvalue weighted by atomic mass is 16.5. The summed E-state index contributed by atoms with van der Waals surface area (Å²) < 4.78 is 5.09. The van der Waals surface area contributed by atoms with Gasteiger partial charge in [-0.15, -0.1) is 0 Å². The van der Waals surface area contributed by atoms with Crippen molar-refractivity contribution in [3.05, 3.63) is 30.3 Å². The highest BCUT2D eigenvalue weighted by Crippen LogP contribution is 2.32. The number of methoxy groups -OCH3 is 1. The molecular weight excluding hydrogens is 180 g/mol. The molecule has 14 heavy (non-hydrogen) atoms. The minimum absolute atomic E-state index is 0.153. The summed E-state index contributed by atoms with van der Waals surface area (Å²) in [6.07, 6.45) is 0. The minimum Gasteiger partial charge on any atom is -0.508 e. The molecule has 0 heterocycles. The van der Waals surface area contributed by atoms with E-state index in [1.54, 1.807) is 24.3 Å². The van der Waals surface area contributed by atoms with Crippen LogP contribution in [0.4, 0.5) is 0 Å². The molecule has 2 rings (SSSR count). The SMILES string of the molecule is COc1cc(O)cc2ccc(O)cc12. The van der Waals surface area contributed by atoms with Crippen LogP contribution in [0.2, 0.25) is 0 Å². The molecule has 0 aromatic heterocycles. The molecule has 0 spiro atoms. The number of hydrogen-bond donors (Lipinski definition) is 2. The average Bonchev–Trinajstić information content (AvgIpc) is 2.17. The molecule has 2 aromatic rings. The van der Waals surface area contributed by atoms with Crippen molar-refractivity contribution in [1.82, 2.24) is 0 Å². The van der Waals surface area contributed by atoms with Gasteiger partial charge in [0.25, 0.3) is 0 Å². The van der Waals surface area contributed by atoms with Gasteiger partial charge < -0.3 is 14.9 Å². The lowest BCUT2D eigenvalue weighted by Crippen LogP contribution is -1.84. The third-order valence-corrected chi connectivity index (χ3v) is 2.10. The van der Waals surface area contributed by atoms with Gasteiger partial charge >= 0.3 is 0 Å². The van der Waals surface area contributed by atoms with Crippen LogP contribution in [0.3, 0.4) is 0 Å². The zero-order valence-electron chi connectivity index (χ0n) is 7.69. The van der Waals surface area contributed by atoms with Crippen molar-refractivity contribution >= 4 is 10.8 Å². The summed E-state index contributed by atoms with van der Waals surface area (Å²) in [6.45, 7) is 0. The molecule has 3 heteroatoms. The Kier molecular flexibility index (Phi) is 1.93. The van der Waals surface area contributed by atoms with Crippen molar-refractivity contribution in [1.29, 1.82) is 0 Å². The Hall–Kier alpha value is -1.90. The minimum atomic E-state index is 0.153. The molecule has 0 radical (unpaired) electrons. The second kappa shape index (κ2) is 3.10. The summed E-state index contributed by atoms with van der Waals surface area (Å²) in [4.78, 5) is 0. The number of benzene rings is 2. The van der Waals surface area contributed by atoms with Crippen LogP contribution in [0.5, 0.6) is 17.2 Å².